The van der Waals surface area contributed by atoms with Crippen LogP contribution in [0.1, 0.15) is 39.0 Å². The standard InChI is InChI=1S/C18H26O2/c1-4-6-7-8-11-16(3)15-20-18-13-10-9-12-17(18)19-14-5-2/h2,8-11,17-18H,3-4,6-7,12-15H2,1H3/b11-8+/t17-,18+/m0/s1. The molecule has 110 valence electrons. The lowest BCUT2D eigenvalue weighted by Gasteiger charge is -2.28. The van der Waals surface area contributed by atoms with Gasteiger partial charge in [-0.2, -0.15) is 0 Å². The van der Waals surface area contributed by atoms with E-state index >= 15 is 0 Å². The average Bonchev–Trinajstić information content (AvgIpc) is 2.48. The quantitative estimate of drug-likeness (QED) is 0.273. The number of allylic oxidation sites excluding steroid dienone is 1. The summed E-state index contributed by atoms with van der Waals surface area (Å²) in [6, 6.07) is 0. The summed E-state index contributed by atoms with van der Waals surface area (Å²) < 4.78 is 11.5. The van der Waals surface area contributed by atoms with Crippen molar-refractivity contribution in [3.63, 3.8) is 0 Å². The van der Waals surface area contributed by atoms with Crippen molar-refractivity contribution in [1.82, 2.24) is 0 Å². The van der Waals surface area contributed by atoms with E-state index in [0.717, 1.165) is 24.8 Å². The van der Waals surface area contributed by atoms with Crippen molar-refractivity contribution >= 4 is 0 Å². The molecule has 2 nitrogen and oxygen atoms in total. The Bertz CT molecular complexity index is 373. The molecule has 1 rings (SSSR count). The zero-order valence-electron chi connectivity index (χ0n) is 12.5. The lowest BCUT2D eigenvalue weighted by atomic mass is 10.0. The van der Waals surface area contributed by atoms with Crippen LogP contribution in [0, 0.1) is 12.3 Å². The molecule has 20 heavy (non-hydrogen) atoms. The van der Waals surface area contributed by atoms with Crippen molar-refractivity contribution in [2.24, 2.45) is 0 Å². The highest BCUT2D eigenvalue weighted by molar-refractivity contribution is 5.14. The summed E-state index contributed by atoms with van der Waals surface area (Å²) in [4.78, 5) is 0. The van der Waals surface area contributed by atoms with Crippen LogP contribution in [0.2, 0.25) is 0 Å². The van der Waals surface area contributed by atoms with Crippen molar-refractivity contribution in [3.05, 3.63) is 36.5 Å². The third kappa shape index (κ3) is 6.75. The number of hydrogen-bond donors (Lipinski definition) is 0. The summed E-state index contributed by atoms with van der Waals surface area (Å²) in [5.41, 5.74) is 1.01. The van der Waals surface area contributed by atoms with Crippen molar-refractivity contribution in [3.8, 4) is 12.3 Å². The van der Waals surface area contributed by atoms with E-state index in [0.29, 0.717) is 13.2 Å². The maximum atomic E-state index is 5.92. The van der Waals surface area contributed by atoms with Gasteiger partial charge in [-0.15, -0.1) is 6.42 Å². The van der Waals surface area contributed by atoms with Crippen LogP contribution < -0.4 is 0 Å². The third-order valence-electron chi connectivity index (χ3n) is 3.26. The van der Waals surface area contributed by atoms with E-state index in [4.69, 9.17) is 15.9 Å². The molecular weight excluding hydrogens is 248 g/mol. The SMILES string of the molecule is C#CCO[C@H]1CC=CC[C@H]1OCC(=C)/C=C/CCCC. The van der Waals surface area contributed by atoms with E-state index in [1.54, 1.807) is 0 Å². The first-order valence-corrected chi connectivity index (χ1v) is 7.44. The zero-order valence-corrected chi connectivity index (χ0v) is 12.5. The Kier molecular flexibility index (Phi) is 8.78. The molecule has 0 fully saturated rings. The molecule has 0 saturated carbocycles. The molecule has 0 amide bonds. The van der Waals surface area contributed by atoms with Crippen LogP contribution in [0.25, 0.3) is 0 Å². The molecule has 0 aromatic heterocycles. The van der Waals surface area contributed by atoms with Crippen LogP contribution in [0.3, 0.4) is 0 Å². The fraction of sp³-hybridized carbons (Fsp3) is 0.556. The molecule has 0 saturated heterocycles. The third-order valence-corrected chi connectivity index (χ3v) is 3.26. The second-order valence-corrected chi connectivity index (χ2v) is 5.05. The molecule has 2 atom stereocenters. The molecule has 0 aliphatic heterocycles. The van der Waals surface area contributed by atoms with Gasteiger partial charge in [0.1, 0.15) is 6.61 Å². The van der Waals surface area contributed by atoms with Crippen LogP contribution in [0.15, 0.2) is 36.5 Å². The Morgan fingerprint density at radius 2 is 2.05 bits per heavy atom. The van der Waals surface area contributed by atoms with E-state index < -0.39 is 0 Å². The van der Waals surface area contributed by atoms with Gasteiger partial charge >= 0.3 is 0 Å². The minimum atomic E-state index is 0.0629. The van der Waals surface area contributed by atoms with Gasteiger partial charge in [-0.3, -0.25) is 0 Å². The first-order chi connectivity index (χ1) is 9.77. The number of terminal acetylenes is 1. The molecule has 0 bridgehead atoms. The molecular formula is C18H26O2. The monoisotopic (exact) mass is 274 g/mol. The normalized spacial score (nSPS) is 22.0. The predicted octanol–water partition coefficient (Wildman–Crippen LogP) is 4.04. The Labute approximate surface area is 123 Å². The number of hydrogen-bond acceptors (Lipinski definition) is 2. The van der Waals surface area contributed by atoms with E-state index in [2.05, 4.69) is 43.7 Å². The first kappa shape index (κ1) is 16.8. The van der Waals surface area contributed by atoms with E-state index in [1.807, 2.05) is 0 Å². The highest BCUT2D eigenvalue weighted by Gasteiger charge is 2.23. The summed E-state index contributed by atoms with van der Waals surface area (Å²) in [5, 5.41) is 0. The topological polar surface area (TPSA) is 18.5 Å². The predicted molar refractivity (Wildman–Crippen MR) is 84.5 cm³/mol. The van der Waals surface area contributed by atoms with E-state index in [-0.39, 0.29) is 12.2 Å². The molecule has 0 radical (unpaired) electrons. The lowest BCUT2D eigenvalue weighted by molar-refractivity contribution is -0.0580. The maximum Gasteiger partial charge on any atom is 0.107 e. The summed E-state index contributed by atoms with van der Waals surface area (Å²) >= 11 is 0. The summed E-state index contributed by atoms with van der Waals surface area (Å²) in [6.45, 7) is 7.11. The second-order valence-electron chi connectivity index (χ2n) is 5.05. The molecule has 1 aliphatic carbocycles. The van der Waals surface area contributed by atoms with Crippen molar-refractivity contribution < 1.29 is 9.47 Å². The summed E-state index contributed by atoms with van der Waals surface area (Å²) in [5.74, 6) is 2.51. The number of ether oxygens (including phenoxy) is 2. The van der Waals surface area contributed by atoms with Crippen molar-refractivity contribution in [1.29, 1.82) is 0 Å². The van der Waals surface area contributed by atoms with Crippen LogP contribution in [-0.4, -0.2) is 25.4 Å². The summed E-state index contributed by atoms with van der Waals surface area (Å²) in [7, 11) is 0. The molecule has 1 aliphatic rings. The van der Waals surface area contributed by atoms with Crippen LogP contribution in [-0.2, 0) is 9.47 Å². The number of rotatable bonds is 9. The molecule has 0 aromatic rings. The van der Waals surface area contributed by atoms with Crippen LogP contribution in [0.4, 0.5) is 0 Å². The fourth-order valence-electron chi connectivity index (χ4n) is 2.10. The minimum absolute atomic E-state index is 0.0629. The fourth-order valence-corrected chi connectivity index (χ4v) is 2.10. The Morgan fingerprint density at radius 1 is 1.35 bits per heavy atom. The molecule has 0 heterocycles. The van der Waals surface area contributed by atoms with Gasteiger partial charge in [-0.1, -0.05) is 56.6 Å². The highest BCUT2D eigenvalue weighted by Crippen LogP contribution is 2.19. The van der Waals surface area contributed by atoms with Gasteiger partial charge in [0.15, 0.2) is 0 Å². The Hall–Kier alpha value is -1.30. The zero-order chi connectivity index (χ0) is 14.6. The Balaban J connectivity index is 2.31. The molecule has 0 spiro atoms. The van der Waals surface area contributed by atoms with Crippen molar-refractivity contribution in [2.45, 2.75) is 51.2 Å². The smallest absolute Gasteiger partial charge is 0.107 e. The van der Waals surface area contributed by atoms with Gasteiger partial charge in [0.05, 0.1) is 18.8 Å². The van der Waals surface area contributed by atoms with Gasteiger partial charge in [0.2, 0.25) is 0 Å². The van der Waals surface area contributed by atoms with Crippen LogP contribution in [0.5, 0.6) is 0 Å². The van der Waals surface area contributed by atoms with Gasteiger partial charge in [-0.25, -0.2) is 0 Å². The second kappa shape index (κ2) is 10.5. The number of unbranched alkanes of at least 4 members (excludes halogenated alkanes) is 2. The van der Waals surface area contributed by atoms with E-state index in [9.17, 15) is 0 Å². The minimum Gasteiger partial charge on any atom is -0.371 e. The van der Waals surface area contributed by atoms with Gasteiger partial charge in [0, 0.05) is 0 Å². The molecule has 2 heteroatoms. The average molecular weight is 274 g/mol. The maximum absolute atomic E-state index is 5.92. The first-order valence-electron chi connectivity index (χ1n) is 7.44. The molecule has 0 N–H and O–H groups in total. The van der Waals surface area contributed by atoms with E-state index in [1.165, 1.54) is 12.8 Å². The highest BCUT2D eigenvalue weighted by atomic mass is 16.5. The largest absolute Gasteiger partial charge is 0.371 e. The molecule has 0 aromatic carbocycles. The van der Waals surface area contributed by atoms with Crippen molar-refractivity contribution in [2.75, 3.05) is 13.2 Å². The van der Waals surface area contributed by atoms with Crippen LogP contribution >= 0.6 is 0 Å². The summed E-state index contributed by atoms with van der Waals surface area (Å²) in [6.07, 6.45) is 19.2. The van der Waals surface area contributed by atoms with Gasteiger partial charge in [0.25, 0.3) is 0 Å². The Morgan fingerprint density at radius 3 is 2.70 bits per heavy atom. The lowest BCUT2D eigenvalue weighted by Crippen LogP contribution is -2.33. The van der Waals surface area contributed by atoms with Gasteiger partial charge in [-0.05, 0) is 24.8 Å². The molecule has 0 unspecified atom stereocenters. The van der Waals surface area contributed by atoms with Gasteiger partial charge < -0.3 is 9.47 Å².